The summed E-state index contributed by atoms with van der Waals surface area (Å²) in [6.07, 6.45) is 3.80. The molecule has 4 heterocycles. The number of nitrogens with one attached hydrogen (secondary N) is 2. The summed E-state index contributed by atoms with van der Waals surface area (Å²) in [5.74, 6) is 1.01. The van der Waals surface area contributed by atoms with Gasteiger partial charge in [0.05, 0.1) is 31.6 Å². The summed E-state index contributed by atoms with van der Waals surface area (Å²) in [6.45, 7) is 16.0. The normalized spacial score (nSPS) is 21.1. The van der Waals surface area contributed by atoms with Crippen molar-refractivity contribution in [1.29, 1.82) is 0 Å². The molecule has 2 aromatic carbocycles. The highest BCUT2D eigenvalue weighted by molar-refractivity contribution is 5.84. The van der Waals surface area contributed by atoms with Crippen LogP contribution in [0.4, 0.5) is 9.59 Å². The number of aliphatic hydroxyl groups excluding tert-OH is 1. The van der Waals surface area contributed by atoms with Crippen LogP contribution >= 0.6 is 0 Å². The van der Waals surface area contributed by atoms with Gasteiger partial charge in [-0.15, -0.1) is 0 Å². The number of benzene rings is 2. The van der Waals surface area contributed by atoms with Gasteiger partial charge in [-0.25, -0.2) is 9.59 Å². The van der Waals surface area contributed by atoms with Crippen molar-refractivity contribution in [1.82, 2.24) is 30.2 Å². The number of para-hydroxylation sites is 2. The maximum Gasteiger partial charge on any atom is 0.410 e. The maximum atomic E-state index is 12.3. The van der Waals surface area contributed by atoms with E-state index in [4.69, 9.17) is 14.2 Å². The van der Waals surface area contributed by atoms with E-state index < -0.39 is 17.3 Å². The number of amides is 2. The van der Waals surface area contributed by atoms with E-state index in [9.17, 15) is 19.8 Å². The van der Waals surface area contributed by atoms with Gasteiger partial charge in [0, 0.05) is 29.3 Å². The van der Waals surface area contributed by atoms with E-state index in [2.05, 4.69) is 20.4 Å². The Labute approximate surface area is 275 Å². The third-order valence-electron chi connectivity index (χ3n) is 7.53. The summed E-state index contributed by atoms with van der Waals surface area (Å²) >= 11 is 0. The third kappa shape index (κ3) is 9.74. The number of hydrogen-bond donors (Lipinski definition) is 4. The molecule has 1 unspecified atom stereocenters. The summed E-state index contributed by atoms with van der Waals surface area (Å²) in [5, 5.41) is 34.0. The fourth-order valence-electron chi connectivity index (χ4n) is 5.39. The van der Waals surface area contributed by atoms with E-state index in [1.807, 2.05) is 79.7 Å². The highest BCUT2D eigenvalue weighted by Gasteiger charge is 2.37. The van der Waals surface area contributed by atoms with Crippen LogP contribution in [0.2, 0.25) is 0 Å². The average Bonchev–Trinajstić information content (AvgIpc) is 3.75. The summed E-state index contributed by atoms with van der Waals surface area (Å²) in [4.78, 5) is 27.2. The standard InChI is InChI=1S/C17H23N3O3.C10H19NO3.C7H6N2O/c1-11-8-13(10-20(11)16(21)23-17(2,3)4)22-14-7-5-6-12-9-18-19-15(12)14;1-7-5-8(12)6-11(7)9(13)14-10(2,3)4;10-6-3-1-2-5-4-8-9-7(5)6/h5-7,9,11,13H,8,10H2,1-4H3,(H,18,19);7-8,12H,5-6H2,1-4H3;1-4,10H,(H,8,9)/t11-,13?;7-,8-;/m00./s1. The fourth-order valence-corrected chi connectivity index (χ4v) is 5.39. The first kappa shape index (κ1) is 35.3. The number of likely N-dealkylation sites (tertiary alicyclic amines) is 2. The van der Waals surface area contributed by atoms with Gasteiger partial charge in [0.2, 0.25) is 0 Å². The van der Waals surface area contributed by atoms with Crippen molar-refractivity contribution in [3.63, 3.8) is 0 Å². The molecule has 47 heavy (non-hydrogen) atoms. The minimum atomic E-state index is -0.489. The topological polar surface area (TPSA) is 166 Å². The van der Waals surface area contributed by atoms with Crippen LogP contribution < -0.4 is 4.74 Å². The molecule has 0 spiro atoms. The number of aromatic amines is 2. The Bertz CT molecular complexity index is 1640. The van der Waals surface area contributed by atoms with Crippen molar-refractivity contribution in [2.75, 3.05) is 13.1 Å². The first-order valence-corrected chi connectivity index (χ1v) is 15.9. The largest absolute Gasteiger partial charge is 0.506 e. The zero-order valence-electron chi connectivity index (χ0n) is 28.5. The van der Waals surface area contributed by atoms with Gasteiger partial charge >= 0.3 is 12.2 Å². The number of phenolic OH excluding ortho intramolecular Hbond substituents is 1. The second-order valence-corrected chi connectivity index (χ2v) is 14.0. The molecule has 2 amide bonds. The number of H-pyrrole nitrogens is 2. The van der Waals surface area contributed by atoms with Crippen LogP contribution in [0.25, 0.3) is 21.8 Å². The first-order chi connectivity index (χ1) is 22.0. The SMILES string of the molecule is C[C@H]1CC(Oc2cccc3cn[nH]c23)CN1C(=O)OC(C)(C)C.C[C@H]1C[C@H](O)CN1C(=O)OC(C)(C)C.Oc1cccc2cn[nH]c12. The van der Waals surface area contributed by atoms with E-state index >= 15 is 0 Å². The van der Waals surface area contributed by atoms with Crippen LogP contribution in [0, 0.1) is 0 Å². The number of aromatic hydroxyl groups is 1. The van der Waals surface area contributed by atoms with Gasteiger partial charge in [-0.05, 0) is 73.9 Å². The second-order valence-electron chi connectivity index (χ2n) is 14.0. The molecular formula is C34H48N6O7. The van der Waals surface area contributed by atoms with E-state index in [1.54, 1.807) is 34.3 Å². The van der Waals surface area contributed by atoms with Crippen LogP contribution in [-0.4, -0.2) is 101 Å². The van der Waals surface area contributed by atoms with E-state index in [0.29, 0.717) is 25.0 Å². The molecule has 2 saturated heterocycles. The van der Waals surface area contributed by atoms with Crippen molar-refractivity contribution >= 4 is 34.0 Å². The highest BCUT2D eigenvalue weighted by atomic mass is 16.6. The fraction of sp³-hybridized carbons (Fsp3) is 0.529. The van der Waals surface area contributed by atoms with Crippen molar-refractivity contribution in [3.8, 4) is 11.5 Å². The third-order valence-corrected chi connectivity index (χ3v) is 7.53. The number of carbonyl (C=O) groups is 2. The summed E-state index contributed by atoms with van der Waals surface area (Å²) in [7, 11) is 0. The number of ether oxygens (including phenoxy) is 3. The number of carbonyl (C=O) groups excluding carboxylic acids is 2. The number of phenols is 1. The van der Waals surface area contributed by atoms with Crippen LogP contribution in [-0.2, 0) is 9.47 Å². The van der Waals surface area contributed by atoms with E-state index in [-0.39, 0.29) is 36.1 Å². The molecule has 13 nitrogen and oxygen atoms in total. The number of hydrogen-bond acceptors (Lipinski definition) is 9. The summed E-state index contributed by atoms with van der Waals surface area (Å²) < 4.78 is 16.8. The van der Waals surface area contributed by atoms with Crippen LogP contribution in [0.3, 0.4) is 0 Å². The Morgan fingerprint density at radius 2 is 1.30 bits per heavy atom. The molecule has 2 aromatic heterocycles. The molecule has 2 aliphatic rings. The van der Waals surface area contributed by atoms with Gasteiger partial charge in [0.25, 0.3) is 0 Å². The average molecular weight is 653 g/mol. The number of aliphatic hydroxyl groups is 1. The number of β-amino-alcohol motifs (C(OH)–C–C–N with tert-alkyl or cyclic N) is 1. The van der Waals surface area contributed by atoms with E-state index in [0.717, 1.165) is 28.5 Å². The Balaban J connectivity index is 0.000000176. The molecule has 4 atom stereocenters. The zero-order chi connectivity index (χ0) is 34.5. The lowest BCUT2D eigenvalue weighted by molar-refractivity contribution is 0.0212. The molecule has 0 radical (unpaired) electrons. The number of fused-ring (bicyclic) bond motifs is 2. The van der Waals surface area contributed by atoms with Gasteiger partial charge < -0.3 is 34.2 Å². The number of nitrogens with zero attached hydrogens (tertiary/aromatic N) is 4. The lowest BCUT2D eigenvalue weighted by Gasteiger charge is -2.26. The predicted molar refractivity (Wildman–Crippen MR) is 178 cm³/mol. The highest BCUT2D eigenvalue weighted by Crippen LogP contribution is 2.29. The second kappa shape index (κ2) is 14.5. The van der Waals surface area contributed by atoms with Gasteiger partial charge in [-0.3, -0.25) is 10.2 Å². The summed E-state index contributed by atoms with van der Waals surface area (Å²) in [6, 6.07) is 11.3. The molecular weight excluding hydrogens is 604 g/mol. The lowest BCUT2D eigenvalue weighted by atomic mass is 10.2. The molecule has 2 aliphatic heterocycles. The molecule has 6 rings (SSSR count). The predicted octanol–water partition coefficient (Wildman–Crippen LogP) is 5.98. The Kier molecular flexibility index (Phi) is 10.9. The lowest BCUT2D eigenvalue weighted by Crippen LogP contribution is -2.39. The summed E-state index contributed by atoms with van der Waals surface area (Å²) in [5.41, 5.74) is 0.625. The number of rotatable bonds is 2. The molecule has 0 saturated carbocycles. The molecule has 0 bridgehead atoms. The molecule has 13 heteroatoms. The van der Waals surface area contributed by atoms with Crippen molar-refractivity contribution in [2.24, 2.45) is 0 Å². The molecule has 256 valence electrons. The zero-order valence-corrected chi connectivity index (χ0v) is 28.5. The van der Waals surface area contributed by atoms with Crippen molar-refractivity contribution in [3.05, 3.63) is 48.8 Å². The molecule has 4 aromatic rings. The van der Waals surface area contributed by atoms with Crippen molar-refractivity contribution < 1.29 is 34.0 Å². The van der Waals surface area contributed by atoms with Crippen LogP contribution in [0.5, 0.6) is 11.5 Å². The quantitative estimate of drug-likeness (QED) is 0.204. The Morgan fingerprint density at radius 3 is 1.83 bits per heavy atom. The van der Waals surface area contributed by atoms with Gasteiger partial charge in [0.15, 0.2) is 0 Å². The van der Waals surface area contributed by atoms with Crippen LogP contribution in [0.15, 0.2) is 48.8 Å². The van der Waals surface area contributed by atoms with Gasteiger partial charge in [0.1, 0.15) is 39.8 Å². The molecule has 0 aliphatic carbocycles. The Hall–Kier alpha value is -4.52. The number of aromatic nitrogens is 4. The van der Waals surface area contributed by atoms with Gasteiger partial charge in [-0.1, -0.05) is 24.3 Å². The monoisotopic (exact) mass is 652 g/mol. The minimum Gasteiger partial charge on any atom is -0.506 e. The minimum absolute atomic E-state index is 0.0496. The van der Waals surface area contributed by atoms with Crippen molar-refractivity contribution in [2.45, 2.75) is 104 Å². The first-order valence-electron chi connectivity index (χ1n) is 15.9. The van der Waals surface area contributed by atoms with E-state index in [1.165, 1.54) is 0 Å². The Morgan fingerprint density at radius 1 is 0.787 bits per heavy atom. The molecule has 4 N–H and O–H groups in total. The smallest absolute Gasteiger partial charge is 0.410 e. The maximum absolute atomic E-state index is 12.3. The van der Waals surface area contributed by atoms with Crippen LogP contribution in [0.1, 0.15) is 68.2 Å². The van der Waals surface area contributed by atoms with Gasteiger partial charge in [-0.2, -0.15) is 10.2 Å². The molecule has 2 fully saturated rings.